The van der Waals surface area contributed by atoms with Gasteiger partial charge in [0.2, 0.25) is 5.91 Å². The molecule has 0 unspecified atom stereocenters. The summed E-state index contributed by atoms with van der Waals surface area (Å²) in [6.07, 6.45) is 4.91. The summed E-state index contributed by atoms with van der Waals surface area (Å²) in [5.41, 5.74) is 2.89. The monoisotopic (exact) mass is 419 g/mol. The van der Waals surface area contributed by atoms with Gasteiger partial charge in [-0.3, -0.25) is 9.59 Å². The van der Waals surface area contributed by atoms with Crippen LogP contribution in [0.15, 0.2) is 24.3 Å². The Bertz CT molecular complexity index is 609. The lowest BCUT2D eigenvalue weighted by Crippen LogP contribution is -2.27. The van der Waals surface area contributed by atoms with Crippen molar-refractivity contribution in [2.75, 3.05) is 26.2 Å². The predicted molar refractivity (Wildman–Crippen MR) is 123 cm³/mol. The number of carbonyl (C=O) groups is 2. The highest BCUT2D eigenvalue weighted by atomic mass is 16.4. The molecular formula is C24H41N3O3. The van der Waals surface area contributed by atoms with Gasteiger partial charge in [0.25, 0.3) is 0 Å². The first kappa shape index (κ1) is 26.1. The molecule has 0 fully saturated rings. The number of rotatable bonds is 16. The minimum Gasteiger partial charge on any atom is -0.481 e. The van der Waals surface area contributed by atoms with Gasteiger partial charge in [0, 0.05) is 25.9 Å². The SMILES string of the molecule is CC(C)(C)c1ccc(CNCCCCNCCCNC(=O)CCCCC(=O)O)cc1. The Kier molecular flexibility index (Phi) is 13.0. The number of hydrogen-bond acceptors (Lipinski definition) is 4. The van der Waals surface area contributed by atoms with Crippen LogP contribution in [0.25, 0.3) is 0 Å². The summed E-state index contributed by atoms with van der Waals surface area (Å²) in [6, 6.07) is 8.87. The molecular weight excluding hydrogens is 378 g/mol. The zero-order chi connectivity index (χ0) is 22.2. The van der Waals surface area contributed by atoms with Crippen molar-refractivity contribution < 1.29 is 14.7 Å². The molecule has 0 atom stereocenters. The minimum absolute atomic E-state index is 0.0134. The second-order valence-electron chi connectivity index (χ2n) is 8.89. The molecule has 0 bridgehead atoms. The average Bonchev–Trinajstić information content (AvgIpc) is 2.69. The van der Waals surface area contributed by atoms with Crippen molar-refractivity contribution in [2.45, 2.75) is 77.7 Å². The Hall–Kier alpha value is -1.92. The first-order valence-electron chi connectivity index (χ1n) is 11.3. The van der Waals surface area contributed by atoms with E-state index in [1.165, 1.54) is 11.1 Å². The van der Waals surface area contributed by atoms with Gasteiger partial charge < -0.3 is 21.1 Å². The molecule has 0 aromatic heterocycles. The van der Waals surface area contributed by atoms with Crippen molar-refractivity contribution in [3.63, 3.8) is 0 Å². The van der Waals surface area contributed by atoms with Crippen LogP contribution in [0.2, 0.25) is 0 Å². The Labute approximate surface area is 182 Å². The van der Waals surface area contributed by atoms with Crippen LogP contribution in [0.1, 0.15) is 76.8 Å². The number of amides is 1. The van der Waals surface area contributed by atoms with E-state index in [2.05, 4.69) is 61.0 Å². The quantitative estimate of drug-likeness (QED) is 0.307. The maximum Gasteiger partial charge on any atom is 0.303 e. The maximum absolute atomic E-state index is 11.6. The van der Waals surface area contributed by atoms with Crippen molar-refractivity contribution in [1.29, 1.82) is 0 Å². The largest absolute Gasteiger partial charge is 0.481 e. The van der Waals surface area contributed by atoms with Crippen molar-refractivity contribution in [2.24, 2.45) is 0 Å². The molecule has 0 heterocycles. The summed E-state index contributed by atoms with van der Waals surface area (Å²) in [4.78, 5) is 22.0. The highest BCUT2D eigenvalue weighted by molar-refractivity contribution is 5.75. The number of aliphatic carboxylic acids is 1. The summed E-state index contributed by atoms with van der Waals surface area (Å²) in [6.45, 7) is 11.2. The third-order valence-corrected chi connectivity index (χ3v) is 5.00. The maximum atomic E-state index is 11.6. The van der Waals surface area contributed by atoms with Crippen molar-refractivity contribution in [3.8, 4) is 0 Å². The molecule has 30 heavy (non-hydrogen) atoms. The van der Waals surface area contributed by atoms with Gasteiger partial charge in [0.1, 0.15) is 0 Å². The Balaban J connectivity index is 1.90. The molecule has 0 aliphatic carbocycles. The molecule has 1 aromatic carbocycles. The second kappa shape index (κ2) is 15.0. The number of hydrogen-bond donors (Lipinski definition) is 4. The van der Waals surface area contributed by atoms with E-state index in [0.29, 0.717) is 25.8 Å². The summed E-state index contributed by atoms with van der Waals surface area (Å²) < 4.78 is 0. The molecule has 1 amide bonds. The van der Waals surface area contributed by atoms with E-state index >= 15 is 0 Å². The molecule has 0 spiro atoms. The molecule has 170 valence electrons. The fourth-order valence-electron chi connectivity index (χ4n) is 3.07. The molecule has 0 saturated heterocycles. The number of carboxylic acids is 1. The second-order valence-corrected chi connectivity index (χ2v) is 8.89. The molecule has 0 aliphatic rings. The third-order valence-electron chi connectivity index (χ3n) is 5.00. The van der Waals surface area contributed by atoms with Crippen LogP contribution in [0, 0.1) is 0 Å². The van der Waals surface area contributed by atoms with Gasteiger partial charge >= 0.3 is 5.97 Å². The Morgan fingerprint density at radius 3 is 2.03 bits per heavy atom. The van der Waals surface area contributed by atoms with E-state index in [1.807, 2.05) is 0 Å². The van der Waals surface area contributed by atoms with Gasteiger partial charge in [-0.2, -0.15) is 0 Å². The lowest BCUT2D eigenvalue weighted by molar-refractivity contribution is -0.137. The normalized spacial score (nSPS) is 11.4. The van der Waals surface area contributed by atoms with E-state index in [1.54, 1.807) is 0 Å². The molecule has 1 rings (SSSR count). The predicted octanol–water partition coefficient (Wildman–Crippen LogP) is 3.59. The summed E-state index contributed by atoms with van der Waals surface area (Å²) in [5.74, 6) is -0.789. The fourth-order valence-corrected chi connectivity index (χ4v) is 3.07. The van der Waals surface area contributed by atoms with Crippen LogP contribution in [0.4, 0.5) is 0 Å². The molecule has 4 N–H and O–H groups in total. The van der Waals surface area contributed by atoms with Crippen molar-refractivity contribution in [1.82, 2.24) is 16.0 Å². The smallest absolute Gasteiger partial charge is 0.303 e. The standard InChI is InChI=1S/C24H41N3O3/c1-24(2,3)21-13-11-20(12-14-21)19-26-16-7-6-15-25-17-8-18-27-22(28)9-4-5-10-23(29)30/h11-14,25-26H,4-10,15-19H2,1-3H3,(H,27,28)(H,29,30). The Morgan fingerprint density at radius 2 is 1.40 bits per heavy atom. The number of unbranched alkanes of at least 4 members (excludes halogenated alkanes) is 2. The first-order valence-corrected chi connectivity index (χ1v) is 11.3. The van der Waals surface area contributed by atoms with Gasteiger partial charge in [-0.1, -0.05) is 45.0 Å². The minimum atomic E-state index is -0.803. The van der Waals surface area contributed by atoms with Crippen LogP contribution in [-0.2, 0) is 21.5 Å². The van der Waals surface area contributed by atoms with Gasteiger partial charge in [-0.15, -0.1) is 0 Å². The van der Waals surface area contributed by atoms with Crippen LogP contribution < -0.4 is 16.0 Å². The van der Waals surface area contributed by atoms with E-state index in [0.717, 1.165) is 45.4 Å². The zero-order valence-corrected chi connectivity index (χ0v) is 19.1. The summed E-state index contributed by atoms with van der Waals surface area (Å²) in [5, 5.41) is 18.3. The van der Waals surface area contributed by atoms with Gasteiger partial charge in [0.05, 0.1) is 0 Å². The highest BCUT2D eigenvalue weighted by Crippen LogP contribution is 2.22. The number of benzene rings is 1. The van der Waals surface area contributed by atoms with Gasteiger partial charge in [-0.05, 0) is 68.3 Å². The lowest BCUT2D eigenvalue weighted by Gasteiger charge is -2.19. The average molecular weight is 420 g/mol. The van der Waals surface area contributed by atoms with E-state index in [9.17, 15) is 9.59 Å². The molecule has 6 nitrogen and oxygen atoms in total. The lowest BCUT2D eigenvalue weighted by atomic mass is 9.87. The Morgan fingerprint density at radius 1 is 0.800 bits per heavy atom. The molecule has 0 saturated carbocycles. The van der Waals surface area contributed by atoms with E-state index in [4.69, 9.17) is 5.11 Å². The third kappa shape index (κ3) is 13.3. The number of nitrogens with one attached hydrogen (secondary N) is 3. The fraction of sp³-hybridized carbons (Fsp3) is 0.667. The highest BCUT2D eigenvalue weighted by Gasteiger charge is 2.12. The van der Waals surface area contributed by atoms with Crippen LogP contribution in [0.5, 0.6) is 0 Å². The number of carbonyl (C=O) groups excluding carboxylic acids is 1. The van der Waals surface area contributed by atoms with Crippen LogP contribution in [0.3, 0.4) is 0 Å². The number of carboxylic acid groups (broad SMARTS) is 1. The van der Waals surface area contributed by atoms with Crippen LogP contribution in [-0.4, -0.2) is 43.2 Å². The summed E-state index contributed by atoms with van der Waals surface area (Å²) in [7, 11) is 0. The molecule has 6 heteroatoms. The summed E-state index contributed by atoms with van der Waals surface area (Å²) >= 11 is 0. The van der Waals surface area contributed by atoms with Crippen molar-refractivity contribution >= 4 is 11.9 Å². The van der Waals surface area contributed by atoms with Crippen LogP contribution >= 0.6 is 0 Å². The molecule has 1 aromatic rings. The van der Waals surface area contributed by atoms with E-state index < -0.39 is 5.97 Å². The molecule has 0 radical (unpaired) electrons. The van der Waals surface area contributed by atoms with Gasteiger partial charge in [-0.25, -0.2) is 0 Å². The first-order chi connectivity index (χ1) is 14.3. The molecule has 0 aliphatic heterocycles. The zero-order valence-electron chi connectivity index (χ0n) is 19.1. The van der Waals surface area contributed by atoms with Crippen molar-refractivity contribution in [3.05, 3.63) is 35.4 Å². The van der Waals surface area contributed by atoms with E-state index in [-0.39, 0.29) is 17.7 Å². The van der Waals surface area contributed by atoms with Gasteiger partial charge in [0.15, 0.2) is 0 Å². The topological polar surface area (TPSA) is 90.5 Å².